The predicted octanol–water partition coefficient (Wildman–Crippen LogP) is 5.18. The van der Waals surface area contributed by atoms with Crippen LogP contribution in [0.5, 0.6) is 0 Å². The fourth-order valence-corrected chi connectivity index (χ4v) is 5.09. The van der Waals surface area contributed by atoms with Crippen molar-refractivity contribution in [3.8, 4) is 0 Å². The Morgan fingerprint density at radius 1 is 1.07 bits per heavy atom. The van der Waals surface area contributed by atoms with Crippen LogP contribution in [-0.4, -0.2) is 61.7 Å². The standard InChI is InChI=1S/C28H34N2O9S/c1-19-9-15-23(16-10-19)40(35,36)39-24-8-6-7-20(17-18-29(5)27(32)38-28(2,3)4)25(24)37-26(31)21-11-13-22(14-12-21)30(33)34/h7,9-16,24-25H,6,8,17-18H2,1-5H3/t24-,25-/m0/s1. The maximum atomic E-state index is 13.1. The van der Waals surface area contributed by atoms with Crippen LogP contribution in [0, 0.1) is 17.0 Å². The Morgan fingerprint density at radius 2 is 1.70 bits per heavy atom. The van der Waals surface area contributed by atoms with Crippen LogP contribution in [0.2, 0.25) is 0 Å². The molecule has 0 N–H and O–H groups in total. The summed E-state index contributed by atoms with van der Waals surface area (Å²) in [6.45, 7) is 7.31. The van der Waals surface area contributed by atoms with Crippen molar-refractivity contribution in [2.45, 2.75) is 69.7 Å². The topological polar surface area (TPSA) is 142 Å². The van der Waals surface area contributed by atoms with Gasteiger partial charge in [0.15, 0.2) is 6.10 Å². The molecule has 0 heterocycles. The van der Waals surface area contributed by atoms with Gasteiger partial charge in [0, 0.05) is 25.7 Å². The lowest BCUT2D eigenvalue weighted by Gasteiger charge is -2.32. The van der Waals surface area contributed by atoms with Gasteiger partial charge in [-0.15, -0.1) is 0 Å². The molecule has 40 heavy (non-hydrogen) atoms. The summed E-state index contributed by atoms with van der Waals surface area (Å²) in [6.07, 6.45) is 0.190. The van der Waals surface area contributed by atoms with E-state index in [9.17, 15) is 28.1 Å². The van der Waals surface area contributed by atoms with E-state index in [1.165, 1.54) is 41.3 Å². The predicted molar refractivity (Wildman–Crippen MR) is 146 cm³/mol. The smallest absolute Gasteiger partial charge is 0.410 e. The summed E-state index contributed by atoms with van der Waals surface area (Å²) in [4.78, 5) is 37.2. The van der Waals surface area contributed by atoms with Gasteiger partial charge in [0.05, 0.1) is 15.4 Å². The normalized spacial score (nSPS) is 17.5. The number of ether oxygens (including phenoxy) is 2. The van der Waals surface area contributed by atoms with E-state index < -0.39 is 44.9 Å². The molecule has 0 fully saturated rings. The number of rotatable bonds is 9. The number of hydrogen-bond acceptors (Lipinski definition) is 9. The molecule has 12 heteroatoms. The summed E-state index contributed by atoms with van der Waals surface area (Å²) in [5.74, 6) is -0.797. The Balaban J connectivity index is 1.84. The first-order chi connectivity index (χ1) is 18.7. The van der Waals surface area contributed by atoms with Crippen LogP contribution in [0.3, 0.4) is 0 Å². The van der Waals surface area contributed by atoms with E-state index in [1.807, 2.05) is 13.0 Å². The highest BCUT2D eigenvalue weighted by molar-refractivity contribution is 7.86. The van der Waals surface area contributed by atoms with Gasteiger partial charge in [-0.05, 0) is 76.8 Å². The van der Waals surface area contributed by atoms with Crippen molar-refractivity contribution in [3.05, 3.63) is 81.4 Å². The molecule has 1 amide bonds. The third-order valence-corrected chi connectivity index (χ3v) is 7.46. The van der Waals surface area contributed by atoms with Gasteiger partial charge in [0.1, 0.15) is 11.7 Å². The van der Waals surface area contributed by atoms with Gasteiger partial charge in [0.25, 0.3) is 15.8 Å². The number of non-ortho nitro benzene ring substituents is 1. The number of hydrogen-bond donors (Lipinski definition) is 0. The average Bonchev–Trinajstić information content (AvgIpc) is 2.87. The maximum Gasteiger partial charge on any atom is 0.410 e. The summed E-state index contributed by atoms with van der Waals surface area (Å²) in [5, 5.41) is 11.0. The first-order valence-corrected chi connectivity index (χ1v) is 14.2. The van der Waals surface area contributed by atoms with Crippen molar-refractivity contribution in [1.29, 1.82) is 0 Å². The number of amides is 1. The number of carbonyl (C=O) groups excluding carboxylic acids is 2. The Kier molecular flexibility index (Phi) is 9.69. The van der Waals surface area contributed by atoms with Crippen molar-refractivity contribution in [3.63, 3.8) is 0 Å². The lowest BCUT2D eigenvalue weighted by Crippen LogP contribution is -2.40. The van der Waals surface area contributed by atoms with Gasteiger partial charge in [-0.1, -0.05) is 23.8 Å². The second-order valence-electron chi connectivity index (χ2n) is 10.5. The molecule has 2 atom stereocenters. The minimum absolute atomic E-state index is 0.0284. The molecule has 0 aliphatic heterocycles. The van der Waals surface area contributed by atoms with Crippen LogP contribution >= 0.6 is 0 Å². The zero-order valence-electron chi connectivity index (χ0n) is 23.2. The molecule has 0 saturated carbocycles. The summed E-state index contributed by atoms with van der Waals surface area (Å²) in [5.41, 5.74) is 0.653. The van der Waals surface area contributed by atoms with Gasteiger partial charge in [-0.2, -0.15) is 8.42 Å². The van der Waals surface area contributed by atoms with Crippen LogP contribution in [0.25, 0.3) is 0 Å². The van der Waals surface area contributed by atoms with Crippen LogP contribution in [0.4, 0.5) is 10.5 Å². The van der Waals surface area contributed by atoms with Crippen molar-refractivity contribution in [2.75, 3.05) is 13.6 Å². The molecule has 0 radical (unpaired) electrons. The molecule has 0 spiro atoms. The maximum absolute atomic E-state index is 13.1. The van der Waals surface area contributed by atoms with E-state index in [0.717, 1.165) is 5.56 Å². The number of nitro groups is 1. The Labute approximate surface area is 234 Å². The second-order valence-corrected chi connectivity index (χ2v) is 12.1. The first kappa shape index (κ1) is 30.8. The van der Waals surface area contributed by atoms with Gasteiger partial charge in [0.2, 0.25) is 0 Å². The summed E-state index contributed by atoms with van der Waals surface area (Å²) < 4.78 is 43.0. The largest absolute Gasteiger partial charge is 0.451 e. The fourth-order valence-electron chi connectivity index (χ4n) is 3.99. The number of nitro benzene ring substituents is 1. The molecule has 2 aromatic rings. The number of aryl methyl sites for hydroxylation is 1. The third kappa shape index (κ3) is 8.36. The molecule has 11 nitrogen and oxygen atoms in total. The van der Waals surface area contributed by atoms with Crippen molar-refractivity contribution in [1.82, 2.24) is 4.90 Å². The van der Waals surface area contributed by atoms with E-state index in [1.54, 1.807) is 40.0 Å². The number of esters is 1. The molecule has 0 aromatic heterocycles. The van der Waals surface area contributed by atoms with E-state index in [0.29, 0.717) is 12.0 Å². The van der Waals surface area contributed by atoms with Gasteiger partial charge >= 0.3 is 12.1 Å². The van der Waals surface area contributed by atoms with Gasteiger partial charge < -0.3 is 14.4 Å². The number of allylic oxidation sites excluding steroid dienone is 1. The number of benzene rings is 2. The highest BCUT2D eigenvalue weighted by atomic mass is 32.2. The molecule has 2 aromatic carbocycles. The lowest BCUT2D eigenvalue weighted by atomic mass is 9.91. The quantitative estimate of drug-likeness (QED) is 0.130. The summed E-state index contributed by atoms with van der Waals surface area (Å²) in [6, 6.07) is 11.1. The molecule has 0 unspecified atom stereocenters. The highest BCUT2D eigenvalue weighted by Crippen LogP contribution is 2.31. The zero-order chi connectivity index (χ0) is 29.7. The van der Waals surface area contributed by atoms with Crippen molar-refractivity contribution >= 4 is 27.9 Å². The third-order valence-electron chi connectivity index (χ3n) is 6.11. The monoisotopic (exact) mass is 574 g/mol. The van der Waals surface area contributed by atoms with Gasteiger partial charge in [-0.25, -0.2) is 9.59 Å². The Hall–Kier alpha value is -3.77. The lowest BCUT2D eigenvalue weighted by molar-refractivity contribution is -0.384. The molecule has 3 rings (SSSR count). The molecule has 1 aliphatic rings. The van der Waals surface area contributed by atoms with E-state index in [2.05, 4.69) is 0 Å². The Bertz CT molecular complexity index is 1360. The number of carbonyl (C=O) groups is 2. The van der Waals surface area contributed by atoms with Crippen LogP contribution in [0.1, 0.15) is 56.0 Å². The summed E-state index contributed by atoms with van der Waals surface area (Å²) >= 11 is 0. The summed E-state index contributed by atoms with van der Waals surface area (Å²) in [7, 11) is -2.62. The van der Waals surface area contributed by atoms with Crippen LogP contribution in [-0.2, 0) is 23.8 Å². The molecule has 216 valence electrons. The highest BCUT2D eigenvalue weighted by Gasteiger charge is 2.36. The van der Waals surface area contributed by atoms with Crippen LogP contribution in [0.15, 0.2) is 65.1 Å². The molecule has 0 bridgehead atoms. The molecular formula is C28H34N2O9S. The van der Waals surface area contributed by atoms with Crippen molar-refractivity contribution < 1.29 is 36.6 Å². The Morgan fingerprint density at radius 3 is 2.27 bits per heavy atom. The van der Waals surface area contributed by atoms with E-state index in [-0.39, 0.29) is 35.5 Å². The molecule has 1 aliphatic carbocycles. The average molecular weight is 575 g/mol. The second kappa shape index (κ2) is 12.6. The SMILES string of the molecule is Cc1ccc(S(=O)(=O)O[C@H]2CCC=C(CCN(C)C(=O)OC(C)(C)C)[C@@H]2OC(=O)c2ccc([N+](=O)[O-])cc2)cc1. The van der Waals surface area contributed by atoms with Crippen LogP contribution < -0.4 is 0 Å². The minimum atomic E-state index is -4.19. The fraction of sp³-hybridized carbons (Fsp3) is 0.429. The number of nitrogens with zero attached hydrogens (tertiary/aromatic N) is 2. The first-order valence-electron chi connectivity index (χ1n) is 12.7. The van der Waals surface area contributed by atoms with E-state index in [4.69, 9.17) is 13.7 Å². The zero-order valence-corrected chi connectivity index (χ0v) is 24.0. The minimum Gasteiger partial charge on any atom is -0.451 e. The van der Waals surface area contributed by atoms with Crippen molar-refractivity contribution in [2.24, 2.45) is 0 Å². The molecular weight excluding hydrogens is 540 g/mol. The van der Waals surface area contributed by atoms with E-state index >= 15 is 0 Å². The van der Waals surface area contributed by atoms with Gasteiger partial charge in [-0.3, -0.25) is 14.3 Å². The molecule has 0 saturated heterocycles.